The van der Waals surface area contributed by atoms with E-state index < -0.39 is 0 Å². The second-order valence-electron chi connectivity index (χ2n) is 5.67. The van der Waals surface area contributed by atoms with Crippen molar-refractivity contribution in [3.63, 3.8) is 0 Å². The van der Waals surface area contributed by atoms with Crippen molar-refractivity contribution in [1.29, 1.82) is 0 Å². The monoisotopic (exact) mass is 258 g/mol. The van der Waals surface area contributed by atoms with Gasteiger partial charge >= 0.3 is 0 Å². The number of ether oxygens (including phenoxy) is 1. The zero-order valence-corrected chi connectivity index (χ0v) is 11.7. The van der Waals surface area contributed by atoms with Crippen LogP contribution in [0.25, 0.3) is 10.9 Å². The third kappa shape index (κ3) is 2.76. The van der Waals surface area contributed by atoms with Crippen LogP contribution < -0.4 is 4.74 Å². The zero-order chi connectivity index (χ0) is 13.2. The molecule has 2 aromatic rings. The number of H-pyrrole nitrogens is 1. The Morgan fingerprint density at radius 1 is 1.21 bits per heavy atom. The van der Waals surface area contributed by atoms with Crippen LogP contribution in [0.2, 0.25) is 0 Å². The van der Waals surface area contributed by atoms with Crippen LogP contribution in [0.4, 0.5) is 0 Å². The van der Waals surface area contributed by atoms with E-state index in [1.807, 2.05) is 6.20 Å². The van der Waals surface area contributed by atoms with Gasteiger partial charge in [0.05, 0.1) is 0 Å². The Bertz CT molecular complexity index is 538. The molecule has 1 aliphatic heterocycles. The number of nitrogens with one attached hydrogen (secondary N) is 1. The average Bonchev–Trinajstić information content (AvgIpc) is 2.87. The lowest BCUT2D eigenvalue weighted by molar-refractivity contribution is 0.0844. The standard InChI is InChI=1S/C16H22N2O/c1-12(2)18-9-6-14(7-10-18)19-15-3-4-16-13(11-15)5-8-17-16/h3-5,8,11-12,14,17H,6-7,9-10H2,1-2H3. The molecule has 1 saturated heterocycles. The lowest BCUT2D eigenvalue weighted by Crippen LogP contribution is -2.41. The third-order valence-corrected chi connectivity index (χ3v) is 4.03. The highest BCUT2D eigenvalue weighted by Crippen LogP contribution is 2.23. The average molecular weight is 258 g/mol. The Hall–Kier alpha value is -1.48. The number of hydrogen-bond acceptors (Lipinski definition) is 2. The SMILES string of the molecule is CC(C)N1CCC(Oc2ccc3[nH]ccc3c2)CC1. The number of piperidine rings is 1. The van der Waals surface area contributed by atoms with Crippen molar-refractivity contribution in [3.05, 3.63) is 30.5 Å². The van der Waals surface area contributed by atoms with Gasteiger partial charge in [-0.3, -0.25) is 0 Å². The van der Waals surface area contributed by atoms with Gasteiger partial charge in [0, 0.05) is 36.2 Å². The number of aromatic amines is 1. The van der Waals surface area contributed by atoms with Crippen molar-refractivity contribution in [2.75, 3.05) is 13.1 Å². The van der Waals surface area contributed by atoms with Crippen molar-refractivity contribution in [2.24, 2.45) is 0 Å². The second-order valence-corrected chi connectivity index (χ2v) is 5.67. The minimum Gasteiger partial charge on any atom is -0.490 e. The minimum absolute atomic E-state index is 0.367. The Morgan fingerprint density at radius 3 is 2.74 bits per heavy atom. The van der Waals surface area contributed by atoms with Gasteiger partial charge in [0.1, 0.15) is 11.9 Å². The highest BCUT2D eigenvalue weighted by molar-refractivity contribution is 5.80. The first-order valence-corrected chi connectivity index (χ1v) is 7.20. The summed E-state index contributed by atoms with van der Waals surface area (Å²) in [5.74, 6) is 0.995. The normalized spacial score (nSPS) is 18.3. The van der Waals surface area contributed by atoms with Gasteiger partial charge in [0.15, 0.2) is 0 Å². The van der Waals surface area contributed by atoms with Gasteiger partial charge in [-0.25, -0.2) is 0 Å². The van der Waals surface area contributed by atoms with E-state index in [1.165, 1.54) is 10.9 Å². The Kier molecular flexibility index (Phi) is 3.47. The first-order valence-electron chi connectivity index (χ1n) is 7.20. The molecule has 19 heavy (non-hydrogen) atoms. The van der Waals surface area contributed by atoms with E-state index in [-0.39, 0.29) is 0 Å². The largest absolute Gasteiger partial charge is 0.490 e. The van der Waals surface area contributed by atoms with Crippen LogP contribution >= 0.6 is 0 Å². The van der Waals surface area contributed by atoms with Gasteiger partial charge in [0.2, 0.25) is 0 Å². The summed E-state index contributed by atoms with van der Waals surface area (Å²) < 4.78 is 6.12. The Balaban J connectivity index is 1.62. The molecule has 3 nitrogen and oxygen atoms in total. The van der Waals surface area contributed by atoms with E-state index in [9.17, 15) is 0 Å². The molecule has 1 aromatic heterocycles. The number of aromatic nitrogens is 1. The summed E-state index contributed by atoms with van der Waals surface area (Å²) in [6.45, 7) is 6.82. The molecule has 0 unspecified atom stereocenters. The molecule has 3 heteroatoms. The van der Waals surface area contributed by atoms with Gasteiger partial charge in [-0.1, -0.05) is 0 Å². The highest BCUT2D eigenvalue weighted by atomic mass is 16.5. The van der Waals surface area contributed by atoms with Crippen LogP contribution in [0, 0.1) is 0 Å². The lowest BCUT2D eigenvalue weighted by Gasteiger charge is -2.34. The van der Waals surface area contributed by atoms with Crippen molar-refractivity contribution in [2.45, 2.75) is 38.8 Å². The number of hydrogen-bond donors (Lipinski definition) is 1. The molecule has 0 saturated carbocycles. The molecule has 1 aromatic carbocycles. The molecule has 0 atom stereocenters. The molecule has 3 rings (SSSR count). The Morgan fingerprint density at radius 2 is 2.00 bits per heavy atom. The predicted molar refractivity (Wildman–Crippen MR) is 78.7 cm³/mol. The topological polar surface area (TPSA) is 28.3 Å². The van der Waals surface area contributed by atoms with Crippen molar-refractivity contribution < 1.29 is 4.74 Å². The minimum atomic E-state index is 0.367. The van der Waals surface area contributed by atoms with Crippen LogP contribution in [0.15, 0.2) is 30.5 Å². The maximum atomic E-state index is 6.12. The first kappa shape index (κ1) is 12.5. The van der Waals surface area contributed by atoms with E-state index in [1.54, 1.807) is 0 Å². The van der Waals surface area contributed by atoms with E-state index in [0.29, 0.717) is 12.1 Å². The second kappa shape index (κ2) is 5.25. The number of benzene rings is 1. The molecule has 0 spiro atoms. The molecule has 1 fully saturated rings. The molecular formula is C16H22N2O. The summed E-state index contributed by atoms with van der Waals surface area (Å²) in [6, 6.07) is 9.02. The Labute approximate surface area is 114 Å². The van der Waals surface area contributed by atoms with Crippen LogP contribution in [0.3, 0.4) is 0 Å². The molecular weight excluding hydrogens is 236 g/mol. The van der Waals surface area contributed by atoms with E-state index in [2.05, 4.69) is 48.0 Å². The predicted octanol–water partition coefficient (Wildman–Crippen LogP) is 3.42. The fourth-order valence-electron chi connectivity index (χ4n) is 2.81. The molecule has 1 aliphatic rings. The third-order valence-electron chi connectivity index (χ3n) is 4.03. The van der Waals surface area contributed by atoms with Crippen LogP contribution in [0.1, 0.15) is 26.7 Å². The van der Waals surface area contributed by atoms with Gasteiger partial charge in [-0.05, 0) is 51.0 Å². The fraction of sp³-hybridized carbons (Fsp3) is 0.500. The van der Waals surface area contributed by atoms with E-state index >= 15 is 0 Å². The van der Waals surface area contributed by atoms with Crippen molar-refractivity contribution in [1.82, 2.24) is 9.88 Å². The lowest BCUT2D eigenvalue weighted by atomic mass is 10.1. The maximum absolute atomic E-state index is 6.12. The highest BCUT2D eigenvalue weighted by Gasteiger charge is 2.21. The number of likely N-dealkylation sites (tertiary alicyclic amines) is 1. The van der Waals surface area contributed by atoms with Gasteiger partial charge in [-0.15, -0.1) is 0 Å². The van der Waals surface area contributed by atoms with Crippen molar-refractivity contribution >= 4 is 10.9 Å². The summed E-state index contributed by atoms with van der Waals surface area (Å²) in [5.41, 5.74) is 1.17. The molecule has 102 valence electrons. The quantitative estimate of drug-likeness (QED) is 0.913. The molecule has 0 radical (unpaired) electrons. The van der Waals surface area contributed by atoms with Gasteiger partial charge in [0.25, 0.3) is 0 Å². The van der Waals surface area contributed by atoms with Crippen molar-refractivity contribution in [3.8, 4) is 5.75 Å². The maximum Gasteiger partial charge on any atom is 0.120 e. The summed E-state index contributed by atoms with van der Waals surface area (Å²) in [4.78, 5) is 5.73. The van der Waals surface area contributed by atoms with Gasteiger partial charge < -0.3 is 14.6 Å². The molecule has 2 heterocycles. The van der Waals surface area contributed by atoms with Crippen LogP contribution in [-0.2, 0) is 0 Å². The summed E-state index contributed by atoms with van der Waals surface area (Å²) in [5, 5.41) is 1.22. The molecule has 0 amide bonds. The molecule has 1 N–H and O–H groups in total. The first-order chi connectivity index (χ1) is 9.22. The zero-order valence-electron chi connectivity index (χ0n) is 11.7. The summed E-state index contributed by atoms with van der Waals surface area (Å²) >= 11 is 0. The summed E-state index contributed by atoms with van der Waals surface area (Å²) in [7, 11) is 0. The smallest absolute Gasteiger partial charge is 0.120 e. The van der Waals surface area contributed by atoms with E-state index in [4.69, 9.17) is 4.74 Å². The van der Waals surface area contributed by atoms with Crippen LogP contribution in [0.5, 0.6) is 5.75 Å². The fourth-order valence-corrected chi connectivity index (χ4v) is 2.81. The molecule has 0 bridgehead atoms. The van der Waals surface area contributed by atoms with Gasteiger partial charge in [-0.2, -0.15) is 0 Å². The number of fused-ring (bicyclic) bond motifs is 1. The number of rotatable bonds is 3. The molecule has 0 aliphatic carbocycles. The summed E-state index contributed by atoms with van der Waals surface area (Å²) in [6.07, 6.45) is 4.59. The van der Waals surface area contributed by atoms with E-state index in [0.717, 1.165) is 31.7 Å². The number of nitrogens with zero attached hydrogens (tertiary/aromatic N) is 1. The van der Waals surface area contributed by atoms with Crippen LogP contribution in [-0.4, -0.2) is 35.1 Å².